The van der Waals surface area contributed by atoms with Crippen LogP contribution in [0.2, 0.25) is 10.0 Å². The van der Waals surface area contributed by atoms with Gasteiger partial charge >= 0.3 is 0 Å². The molecule has 1 N–H and O–H groups in total. The second-order valence-electron chi connectivity index (χ2n) is 4.09. The van der Waals surface area contributed by atoms with Crippen LogP contribution in [0, 0.1) is 0 Å². The van der Waals surface area contributed by atoms with E-state index < -0.39 is 0 Å². The third-order valence-electron chi connectivity index (χ3n) is 3.02. The fourth-order valence-electron chi connectivity index (χ4n) is 2.21. The van der Waals surface area contributed by atoms with E-state index in [1.54, 1.807) is 19.2 Å². The van der Waals surface area contributed by atoms with Gasteiger partial charge in [0.1, 0.15) is 0 Å². The Bertz CT molecular complexity index is 409. The molecule has 1 unspecified atom stereocenters. The summed E-state index contributed by atoms with van der Waals surface area (Å²) in [7, 11) is 3.62. The highest BCUT2D eigenvalue weighted by Gasteiger charge is 2.29. The van der Waals surface area contributed by atoms with Gasteiger partial charge in [-0.15, -0.1) is 0 Å². The van der Waals surface area contributed by atoms with Gasteiger partial charge < -0.3 is 10.1 Å². The van der Waals surface area contributed by atoms with E-state index in [0.29, 0.717) is 10.0 Å². The molecule has 0 saturated carbocycles. The van der Waals surface area contributed by atoms with Crippen LogP contribution in [0.25, 0.3) is 0 Å². The number of hydroxylamine groups is 2. The molecule has 0 radical (unpaired) electrons. The van der Waals surface area contributed by atoms with Crippen molar-refractivity contribution in [3.63, 3.8) is 0 Å². The van der Waals surface area contributed by atoms with Crippen LogP contribution in [0.4, 0.5) is 5.69 Å². The molecule has 5 heteroatoms. The molecule has 2 rings (SSSR count). The highest BCUT2D eigenvalue weighted by atomic mass is 35.5. The minimum atomic E-state index is -0.0857. The van der Waals surface area contributed by atoms with Gasteiger partial charge in [0.05, 0.1) is 16.8 Å². The summed E-state index contributed by atoms with van der Waals surface area (Å²) in [6.07, 6.45) is 0.830. The lowest BCUT2D eigenvalue weighted by Gasteiger charge is -2.36. The van der Waals surface area contributed by atoms with E-state index in [2.05, 4.69) is 4.90 Å². The molecule has 1 aliphatic rings. The molecule has 1 heterocycles. The summed E-state index contributed by atoms with van der Waals surface area (Å²) in [6.45, 7) is 0.850. The SMILES string of the molecule is CN1CCC(N(C)O)c2c(Cl)ccc(Cl)c21. The van der Waals surface area contributed by atoms with Crippen LogP contribution in [0.5, 0.6) is 0 Å². The zero-order valence-electron chi connectivity index (χ0n) is 9.24. The molecule has 16 heavy (non-hydrogen) atoms. The molecule has 1 aromatic carbocycles. The first kappa shape index (κ1) is 12.0. The Balaban J connectivity index is 2.60. The predicted molar refractivity (Wildman–Crippen MR) is 66.6 cm³/mol. The summed E-state index contributed by atoms with van der Waals surface area (Å²) < 4.78 is 0. The van der Waals surface area contributed by atoms with Gasteiger partial charge in [0.25, 0.3) is 0 Å². The van der Waals surface area contributed by atoms with Gasteiger partial charge in [0.2, 0.25) is 0 Å². The molecule has 0 aromatic heterocycles. The minimum Gasteiger partial charge on any atom is -0.373 e. The first-order chi connectivity index (χ1) is 7.52. The standard InChI is InChI=1S/C11H14Cl2N2O/c1-14-6-5-9(15(2)16)10-7(12)3-4-8(13)11(10)14/h3-4,9,16H,5-6H2,1-2H3. The summed E-state index contributed by atoms with van der Waals surface area (Å²) >= 11 is 12.4. The number of fused-ring (bicyclic) bond motifs is 1. The summed E-state index contributed by atoms with van der Waals surface area (Å²) in [4.78, 5) is 2.07. The highest BCUT2D eigenvalue weighted by Crippen LogP contribution is 2.43. The number of hydrogen-bond donors (Lipinski definition) is 1. The van der Waals surface area contributed by atoms with Gasteiger partial charge in [0, 0.05) is 31.2 Å². The van der Waals surface area contributed by atoms with Gasteiger partial charge in [-0.1, -0.05) is 23.2 Å². The minimum absolute atomic E-state index is 0.0857. The third kappa shape index (κ3) is 1.89. The van der Waals surface area contributed by atoms with Crippen LogP contribution in [0.3, 0.4) is 0 Å². The number of nitrogens with zero attached hydrogens (tertiary/aromatic N) is 2. The fourth-order valence-corrected chi connectivity index (χ4v) is 2.80. The topological polar surface area (TPSA) is 26.7 Å². The highest BCUT2D eigenvalue weighted by molar-refractivity contribution is 6.36. The zero-order valence-corrected chi connectivity index (χ0v) is 10.8. The molecule has 0 spiro atoms. The maximum atomic E-state index is 9.64. The van der Waals surface area contributed by atoms with Crippen molar-refractivity contribution >= 4 is 28.9 Å². The second-order valence-corrected chi connectivity index (χ2v) is 4.91. The lowest BCUT2D eigenvalue weighted by atomic mass is 9.96. The van der Waals surface area contributed by atoms with Crippen LogP contribution in [0.1, 0.15) is 18.0 Å². The Kier molecular flexibility index (Phi) is 3.31. The molecule has 1 aliphatic heterocycles. The molecular weight excluding hydrogens is 247 g/mol. The second kappa shape index (κ2) is 4.41. The van der Waals surface area contributed by atoms with E-state index in [1.165, 1.54) is 5.06 Å². The molecule has 0 amide bonds. The molecule has 0 aliphatic carbocycles. The maximum Gasteiger partial charge on any atom is 0.0648 e. The molecule has 1 atom stereocenters. The quantitative estimate of drug-likeness (QED) is 0.786. The van der Waals surface area contributed by atoms with Crippen molar-refractivity contribution in [2.24, 2.45) is 0 Å². The van der Waals surface area contributed by atoms with E-state index >= 15 is 0 Å². The largest absolute Gasteiger partial charge is 0.373 e. The molecular formula is C11H14Cl2N2O. The van der Waals surface area contributed by atoms with Crippen molar-refractivity contribution in [1.29, 1.82) is 0 Å². The van der Waals surface area contributed by atoms with Crippen LogP contribution in [-0.4, -0.2) is 30.9 Å². The number of halogens is 2. The van der Waals surface area contributed by atoms with E-state index in [-0.39, 0.29) is 6.04 Å². The van der Waals surface area contributed by atoms with E-state index in [0.717, 1.165) is 24.2 Å². The van der Waals surface area contributed by atoms with E-state index in [1.807, 2.05) is 7.05 Å². The normalized spacial score (nSPS) is 20.1. The van der Waals surface area contributed by atoms with Crippen molar-refractivity contribution < 1.29 is 5.21 Å². The molecule has 0 saturated heterocycles. The Labute approximate surface area is 105 Å². The van der Waals surface area contributed by atoms with Gasteiger partial charge in [0.15, 0.2) is 0 Å². The Morgan fingerprint density at radius 3 is 2.62 bits per heavy atom. The van der Waals surface area contributed by atoms with Crippen LogP contribution >= 0.6 is 23.2 Å². The van der Waals surface area contributed by atoms with Crippen molar-refractivity contribution in [1.82, 2.24) is 5.06 Å². The van der Waals surface area contributed by atoms with Crippen molar-refractivity contribution in [2.75, 3.05) is 25.5 Å². The zero-order chi connectivity index (χ0) is 11.9. The van der Waals surface area contributed by atoms with Crippen molar-refractivity contribution in [2.45, 2.75) is 12.5 Å². The number of benzene rings is 1. The molecule has 0 bridgehead atoms. The Hall–Kier alpha value is -0.480. The average molecular weight is 261 g/mol. The van der Waals surface area contributed by atoms with Crippen LogP contribution in [-0.2, 0) is 0 Å². The molecule has 3 nitrogen and oxygen atoms in total. The van der Waals surface area contributed by atoms with Crippen LogP contribution < -0.4 is 4.90 Å². The lowest BCUT2D eigenvalue weighted by Crippen LogP contribution is -2.33. The number of anilines is 1. The van der Waals surface area contributed by atoms with Gasteiger partial charge in [-0.3, -0.25) is 0 Å². The first-order valence-electron chi connectivity index (χ1n) is 5.13. The Morgan fingerprint density at radius 2 is 2.00 bits per heavy atom. The summed E-state index contributed by atoms with van der Waals surface area (Å²) in [6, 6.07) is 3.48. The summed E-state index contributed by atoms with van der Waals surface area (Å²) in [5.74, 6) is 0. The maximum absolute atomic E-state index is 9.64. The number of hydrogen-bond acceptors (Lipinski definition) is 3. The smallest absolute Gasteiger partial charge is 0.0648 e. The molecule has 88 valence electrons. The van der Waals surface area contributed by atoms with Crippen molar-refractivity contribution in [3.05, 3.63) is 27.7 Å². The monoisotopic (exact) mass is 260 g/mol. The average Bonchev–Trinajstić information content (AvgIpc) is 2.23. The third-order valence-corrected chi connectivity index (χ3v) is 3.65. The number of rotatable bonds is 1. The van der Waals surface area contributed by atoms with Crippen molar-refractivity contribution in [3.8, 4) is 0 Å². The fraction of sp³-hybridized carbons (Fsp3) is 0.455. The van der Waals surface area contributed by atoms with Gasteiger partial charge in [-0.25, -0.2) is 0 Å². The van der Waals surface area contributed by atoms with Crippen LogP contribution in [0.15, 0.2) is 12.1 Å². The van der Waals surface area contributed by atoms with Gasteiger partial charge in [-0.05, 0) is 18.6 Å². The van der Waals surface area contributed by atoms with E-state index in [4.69, 9.17) is 23.2 Å². The Morgan fingerprint density at radius 1 is 1.38 bits per heavy atom. The lowest BCUT2D eigenvalue weighted by molar-refractivity contribution is -0.106. The van der Waals surface area contributed by atoms with Gasteiger partial charge in [-0.2, -0.15) is 5.06 Å². The first-order valence-corrected chi connectivity index (χ1v) is 5.88. The molecule has 1 aromatic rings. The predicted octanol–water partition coefficient (Wildman–Crippen LogP) is 3.20. The summed E-state index contributed by atoms with van der Waals surface area (Å²) in [5, 5.41) is 12.2. The summed E-state index contributed by atoms with van der Waals surface area (Å²) in [5.41, 5.74) is 1.83. The van der Waals surface area contributed by atoms with E-state index in [9.17, 15) is 5.21 Å². The molecule has 0 fully saturated rings.